The number of halogens is 1. The van der Waals surface area contributed by atoms with Crippen molar-refractivity contribution in [2.75, 3.05) is 19.5 Å². The molecule has 122 valence electrons. The maximum Gasteiger partial charge on any atom is 0.230 e. The molecular formula is C16H13BrN4O2S. The second-order valence-corrected chi connectivity index (χ2v) is 8.10. The van der Waals surface area contributed by atoms with Gasteiger partial charge in [-0.25, -0.2) is 4.99 Å². The van der Waals surface area contributed by atoms with Gasteiger partial charge in [0.15, 0.2) is 5.41 Å². The van der Waals surface area contributed by atoms with E-state index in [1.807, 2.05) is 18.2 Å². The summed E-state index contributed by atoms with van der Waals surface area (Å²) in [4.78, 5) is 4.43. The fraction of sp³-hybridized carbons (Fsp3) is 0.438. The molecule has 2 N–H and O–H groups in total. The van der Waals surface area contributed by atoms with Crippen LogP contribution >= 0.6 is 27.7 Å². The van der Waals surface area contributed by atoms with Crippen LogP contribution in [0.1, 0.15) is 11.5 Å². The van der Waals surface area contributed by atoms with Gasteiger partial charge in [0.25, 0.3) is 0 Å². The number of nitrogens with two attached hydrogens (primary N) is 1. The van der Waals surface area contributed by atoms with Gasteiger partial charge in [-0.15, -0.1) is 0 Å². The van der Waals surface area contributed by atoms with E-state index in [0.717, 1.165) is 10.0 Å². The number of ether oxygens (including phenoxy) is 2. The van der Waals surface area contributed by atoms with Crippen LogP contribution < -0.4 is 10.5 Å². The Hall–Kier alpha value is -1.74. The molecular weight excluding hydrogens is 392 g/mol. The van der Waals surface area contributed by atoms with Crippen molar-refractivity contribution in [2.24, 2.45) is 21.6 Å². The summed E-state index contributed by atoms with van der Waals surface area (Å²) in [6.07, 6.45) is 0. The van der Waals surface area contributed by atoms with E-state index >= 15 is 0 Å². The third kappa shape index (κ3) is 1.48. The summed E-state index contributed by atoms with van der Waals surface area (Å²) in [5, 5.41) is 18.9. The zero-order valence-corrected chi connectivity index (χ0v) is 15.1. The Bertz CT molecular complexity index is 855. The van der Waals surface area contributed by atoms with Crippen LogP contribution in [-0.2, 0) is 4.74 Å². The Balaban J connectivity index is 1.97. The van der Waals surface area contributed by atoms with Gasteiger partial charge in [0.1, 0.15) is 17.0 Å². The minimum Gasteiger partial charge on any atom is -0.496 e. The second-order valence-electron chi connectivity index (χ2n) is 5.93. The maximum absolute atomic E-state index is 10.1. The van der Waals surface area contributed by atoms with Gasteiger partial charge in [-0.05, 0) is 18.2 Å². The van der Waals surface area contributed by atoms with Crippen LogP contribution in [0.2, 0.25) is 0 Å². The molecule has 1 saturated heterocycles. The van der Waals surface area contributed by atoms with Gasteiger partial charge in [0, 0.05) is 21.7 Å². The average Bonchev–Trinajstić information content (AvgIpc) is 2.83. The predicted octanol–water partition coefficient (Wildman–Crippen LogP) is 2.36. The smallest absolute Gasteiger partial charge is 0.230 e. The average molecular weight is 405 g/mol. The van der Waals surface area contributed by atoms with Crippen molar-refractivity contribution < 1.29 is 9.47 Å². The SMILES string of the molecule is COc1ccc(Br)cc1[C@@H]1[C@@]2(C#N)[C@@]3(N=C(N)[C@@]12C#N)OCCS3. The molecule has 2 heterocycles. The first-order chi connectivity index (χ1) is 11.5. The lowest BCUT2D eigenvalue weighted by atomic mass is 9.95. The van der Waals surface area contributed by atoms with Gasteiger partial charge in [-0.3, -0.25) is 0 Å². The molecule has 0 unspecified atom stereocenters. The summed E-state index contributed by atoms with van der Waals surface area (Å²) in [5.74, 6) is 1.06. The van der Waals surface area contributed by atoms with Gasteiger partial charge in [-0.2, -0.15) is 10.5 Å². The number of benzene rings is 1. The minimum atomic E-state index is -1.19. The molecule has 1 aromatic rings. The number of aliphatic imine (C=N–C) groups is 1. The van der Waals surface area contributed by atoms with Crippen molar-refractivity contribution in [3.05, 3.63) is 28.2 Å². The summed E-state index contributed by atoms with van der Waals surface area (Å²) in [5.41, 5.74) is 4.60. The number of nitriles is 2. The number of fused-ring (bicyclic) bond motifs is 2. The summed E-state index contributed by atoms with van der Waals surface area (Å²) in [7, 11) is 1.57. The zero-order chi connectivity index (χ0) is 17.2. The highest BCUT2D eigenvalue weighted by atomic mass is 79.9. The number of methoxy groups -OCH3 is 1. The first-order valence-corrected chi connectivity index (χ1v) is 9.10. The van der Waals surface area contributed by atoms with Gasteiger partial charge >= 0.3 is 0 Å². The Labute approximate surface area is 151 Å². The molecule has 0 amide bonds. The Morgan fingerprint density at radius 3 is 2.83 bits per heavy atom. The highest BCUT2D eigenvalue weighted by Crippen LogP contribution is 2.84. The highest BCUT2D eigenvalue weighted by Gasteiger charge is 2.93. The maximum atomic E-state index is 10.1. The van der Waals surface area contributed by atoms with Crippen molar-refractivity contribution in [3.8, 4) is 17.9 Å². The van der Waals surface area contributed by atoms with Crippen LogP contribution in [0, 0.1) is 33.5 Å². The van der Waals surface area contributed by atoms with Gasteiger partial charge in [-0.1, -0.05) is 27.7 Å². The van der Waals surface area contributed by atoms with E-state index in [9.17, 15) is 10.5 Å². The van der Waals surface area contributed by atoms with Crippen molar-refractivity contribution in [1.29, 1.82) is 10.5 Å². The van der Waals surface area contributed by atoms with Crippen LogP contribution in [0.15, 0.2) is 27.7 Å². The predicted molar refractivity (Wildman–Crippen MR) is 92.3 cm³/mol. The molecule has 1 saturated carbocycles. The molecule has 3 aliphatic rings. The number of hydrogen-bond donors (Lipinski definition) is 1. The number of hydrogen-bond acceptors (Lipinski definition) is 7. The largest absolute Gasteiger partial charge is 0.496 e. The van der Waals surface area contributed by atoms with E-state index < -0.39 is 21.8 Å². The van der Waals surface area contributed by atoms with Crippen LogP contribution in [0.25, 0.3) is 0 Å². The normalized spacial score (nSPS) is 39.0. The fourth-order valence-electron chi connectivity index (χ4n) is 4.12. The lowest BCUT2D eigenvalue weighted by molar-refractivity contribution is 0.0200. The van der Waals surface area contributed by atoms with Crippen LogP contribution in [0.4, 0.5) is 0 Å². The van der Waals surface area contributed by atoms with Crippen LogP contribution in [0.5, 0.6) is 5.75 Å². The summed E-state index contributed by atoms with van der Waals surface area (Å²) in [6.45, 7) is 0.481. The molecule has 1 aliphatic carbocycles. The van der Waals surface area contributed by atoms with E-state index in [-0.39, 0.29) is 5.84 Å². The summed E-state index contributed by atoms with van der Waals surface area (Å²) >= 11 is 4.89. The van der Waals surface area contributed by atoms with Crippen molar-refractivity contribution >= 4 is 33.5 Å². The molecule has 0 radical (unpaired) electrons. The van der Waals surface area contributed by atoms with Crippen molar-refractivity contribution in [3.63, 3.8) is 0 Å². The topological polar surface area (TPSA) is 104 Å². The Kier molecular flexibility index (Phi) is 3.21. The quantitative estimate of drug-likeness (QED) is 0.810. The summed E-state index contributed by atoms with van der Waals surface area (Å²) in [6, 6.07) is 10.2. The standard InChI is InChI=1S/C16H13BrN4O2S/c1-22-11-3-2-9(17)6-10(11)12-14(7-18)13(20)21-16(15(12,14)8-19)23-4-5-24-16/h2-3,6,12H,4-5H2,1H3,(H2,20,21)/t12-,14+,15+,16+/m0/s1. The Morgan fingerprint density at radius 2 is 2.25 bits per heavy atom. The third-order valence-corrected chi connectivity index (χ3v) is 6.90. The molecule has 1 aromatic carbocycles. The molecule has 4 rings (SSSR count). The van der Waals surface area contributed by atoms with Crippen molar-refractivity contribution in [1.82, 2.24) is 0 Å². The van der Waals surface area contributed by atoms with Crippen LogP contribution in [-0.4, -0.2) is 30.4 Å². The van der Waals surface area contributed by atoms with E-state index in [0.29, 0.717) is 18.1 Å². The molecule has 0 aromatic heterocycles. The first kappa shape index (κ1) is 15.8. The Morgan fingerprint density at radius 1 is 1.46 bits per heavy atom. The first-order valence-electron chi connectivity index (χ1n) is 7.32. The second kappa shape index (κ2) is 4.89. The lowest BCUT2D eigenvalue weighted by Crippen LogP contribution is -2.34. The van der Waals surface area contributed by atoms with Gasteiger partial charge in [0.05, 0.1) is 25.9 Å². The highest BCUT2D eigenvalue weighted by molar-refractivity contribution is 9.10. The summed E-state index contributed by atoms with van der Waals surface area (Å²) < 4.78 is 12.2. The van der Waals surface area contributed by atoms with Crippen LogP contribution in [0.3, 0.4) is 0 Å². The molecule has 2 fully saturated rings. The van der Waals surface area contributed by atoms with Gasteiger partial charge in [0.2, 0.25) is 5.06 Å². The van der Waals surface area contributed by atoms with E-state index in [1.165, 1.54) is 11.8 Å². The minimum absolute atomic E-state index is 0.174. The molecule has 2 aliphatic heterocycles. The number of thioether (sulfide) groups is 1. The molecule has 8 heteroatoms. The van der Waals surface area contributed by atoms with E-state index in [1.54, 1.807) is 7.11 Å². The molecule has 4 atom stereocenters. The van der Waals surface area contributed by atoms with E-state index in [2.05, 4.69) is 33.1 Å². The fourth-order valence-corrected chi connectivity index (χ4v) is 5.82. The number of nitrogens with zero attached hydrogens (tertiary/aromatic N) is 3. The zero-order valence-electron chi connectivity index (χ0n) is 12.7. The van der Waals surface area contributed by atoms with E-state index in [4.69, 9.17) is 15.2 Å². The molecule has 24 heavy (non-hydrogen) atoms. The lowest BCUT2D eigenvalue weighted by Gasteiger charge is -2.26. The monoisotopic (exact) mass is 404 g/mol. The third-order valence-electron chi connectivity index (χ3n) is 5.11. The van der Waals surface area contributed by atoms with Crippen molar-refractivity contribution in [2.45, 2.75) is 11.0 Å². The number of amidine groups is 1. The number of rotatable bonds is 2. The molecule has 0 bridgehead atoms. The molecule has 6 nitrogen and oxygen atoms in total. The van der Waals surface area contributed by atoms with Gasteiger partial charge < -0.3 is 15.2 Å². The molecule has 1 spiro atoms.